The van der Waals surface area contributed by atoms with Crippen LogP contribution in [0.4, 0.5) is 0 Å². The molecule has 0 spiro atoms. The molecule has 0 aromatic rings. The fraction of sp³-hybridized carbons (Fsp3) is 0.933. The molecule has 1 saturated heterocycles. The third-order valence-corrected chi connectivity index (χ3v) is 4.82. The van der Waals surface area contributed by atoms with Crippen LogP contribution < -0.4 is 11.1 Å². The Morgan fingerprint density at radius 2 is 2.20 bits per heavy atom. The van der Waals surface area contributed by atoms with Crippen molar-refractivity contribution in [2.75, 3.05) is 26.2 Å². The predicted octanol–water partition coefficient (Wildman–Crippen LogP) is 0.323. The summed E-state index contributed by atoms with van der Waals surface area (Å²) in [5.41, 5.74) is 5.31. The topological polar surface area (TPSA) is 78.6 Å². The fourth-order valence-electron chi connectivity index (χ4n) is 3.37. The maximum atomic E-state index is 11.1. The number of hydrogen-bond acceptors (Lipinski definition) is 4. The van der Waals surface area contributed by atoms with Crippen LogP contribution in [0.3, 0.4) is 0 Å². The van der Waals surface area contributed by atoms with Crippen molar-refractivity contribution in [3.63, 3.8) is 0 Å². The quantitative estimate of drug-likeness (QED) is 0.629. The number of aliphatic hydroxyl groups is 1. The van der Waals surface area contributed by atoms with Gasteiger partial charge in [0, 0.05) is 19.1 Å². The molecule has 20 heavy (non-hydrogen) atoms. The van der Waals surface area contributed by atoms with E-state index in [9.17, 15) is 9.90 Å². The second-order valence-electron chi connectivity index (χ2n) is 6.53. The lowest BCUT2D eigenvalue weighted by molar-refractivity contribution is -0.120. The van der Waals surface area contributed by atoms with Crippen molar-refractivity contribution < 1.29 is 9.90 Å². The second kappa shape index (κ2) is 7.38. The van der Waals surface area contributed by atoms with E-state index in [0.29, 0.717) is 12.6 Å². The summed E-state index contributed by atoms with van der Waals surface area (Å²) < 4.78 is 0. The highest BCUT2D eigenvalue weighted by Gasteiger charge is 2.31. The molecule has 3 unspecified atom stereocenters. The maximum Gasteiger partial charge on any atom is 0.231 e. The minimum absolute atomic E-state index is 0.243. The molecule has 1 aliphatic heterocycles. The molecule has 0 bridgehead atoms. The number of hydrogen-bond donors (Lipinski definition) is 3. The van der Waals surface area contributed by atoms with Gasteiger partial charge in [0.15, 0.2) is 0 Å². The molecule has 3 atom stereocenters. The zero-order valence-electron chi connectivity index (χ0n) is 12.6. The number of aliphatic hydroxyl groups excluding tert-OH is 1. The molecule has 2 fully saturated rings. The summed E-state index contributed by atoms with van der Waals surface area (Å²) in [6, 6.07) is 0.370. The Labute approximate surface area is 121 Å². The highest BCUT2D eigenvalue weighted by molar-refractivity contribution is 5.75. The molecule has 4 N–H and O–H groups in total. The Balaban J connectivity index is 1.86. The van der Waals surface area contributed by atoms with E-state index in [0.717, 1.165) is 38.4 Å². The summed E-state index contributed by atoms with van der Waals surface area (Å²) in [7, 11) is 0. The Bertz CT molecular complexity index is 320. The van der Waals surface area contributed by atoms with Gasteiger partial charge in [0.05, 0.1) is 12.6 Å². The lowest BCUT2D eigenvalue weighted by Gasteiger charge is -2.40. The second-order valence-corrected chi connectivity index (χ2v) is 6.53. The van der Waals surface area contributed by atoms with E-state index in [1.54, 1.807) is 0 Å². The molecule has 1 heterocycles. The first-order chi connectivity index (χ1) is 9.58. The molecule has 5 heteroatoms. The molecular formula is C15H29N3O2. The minimum atomic E-state index is -0.283. The molecule has 1 amide bonds. The van der Waals surface area contributed by atoms with Gasteiger partial charge in [0.2, 0.25) is 5.91 Å². The largest absolute Gasteiger partial charge is 0.393 e. The van der Waals surface area contributed by atoms with Gasteiger partial charge in [-0.3, -0.25) is 9.69 Å². The maximum absolute atomic E-state index is 11.1. The van der Waals surface area contributed by atoms with Crippen molar-refractivity contribution in [1.29, 1.82) is 0 Å². The van der Waals surface area contributed by atoms with Crippen molar-refractivity contribution in [3.8, 4) is 0 Å². The summed E-state index contributed by atoms with van der Waals surface area (Å²) >= 11 is 0. The molecule has 1 aliphatic carbocycles. The summed E-state index contributed by atoms with van der Waals surface area (Å²) in [5, 5.41) is 13.7. The Morgan fingerprint density at radius 1 is 1.45 bits per heavy atom. The van der Waals surface area contributed by atoms with Crippen molar-refractivity contribution in [2.45, 2.75) is 51.2 Å². The first-order valence-corrected chi connectivity index (χ1v) is 8.00. The number of primary amides is 1. The Kier molecular flexibility index (Phi) is 5.81. The molecule has 1 saturated carbocycles. The first kappa shape index (κ1) is 15.7. The average Bonchev–Trinajstić information content (AvgIpc) is 2.35. The van der Waals surface area contributed by atoms with Gasteiger partial charge < -0.3 is 16.2 Å². The van der Waals surface area contributed by atoms with Crippen LogP contribution in [0.1, 0.15) is 39.0 Å². The van der Waals surface area contributed by atoms with Crippen LogP contribution >= 0.6 is 0 Å². The van der Waals surface area contributed by atoms with E-state index in [4.69, 9.17) is 5.73 Å². The normalized spacial score (nSPS) is 29.9. The number of carbonyl (C=O) groups excluding carboxylic acids is 1. The van der Waals surface area contributed by atoms with Crippen LogP contribution in [0, 0.1) is 11.8 Å². The molecule has 116 valence electrons. The van der Waals surface area contributed by atoms with E-state index in [1.807, 2.05) is 6.92 Å². The molecular weight excluding hydrogens is 254 g/mol. The standard InChI is InChI=1S/C15H29N3O2/c1-2-14(19)12-6-13(17-7-11-4-3-5-11)9-18(8-12)10-15(16)20/h11-14,17,19H,2-10H2,1H3,(H2,16,20). The summed E-state index contributed by atoms with van der Waals surface area (Å²) in [6.45, 7) is 5.02. The number of amides is 1. The summed E-state index contributed by atoms with van der Waals surface area (Å²) in [6.07, 6.45) is 5.53. The Morgan fingerprint density at radius 3 is 2.75 bits per heavy atom. The Hall–Kier alpha value is -0.650. The van der Waals surface area contributed by atoms with Gasteiger partial charge in [-0.1, -0.05) is 13.3 Å². The van der Waals surface area contributed by atoms with E-state index in [1.165, 1.54) is 19.3 Å². The van der Waals surface area contributed by atoms with Crippen molar-refractivity contribution >= 4 is 5.91 Å². The number of nitrogens with one attached hydrogen (secondary N) is 1. The zero-order valence-corrected chi connectivity index (χ0v) is 12.6. The number of piperidine rings is 1. The van der Waals surface area contributed by atoms with Gasteiger partial charge in [0.1, 0.15) is 0 Å². The lowest BCUT2D eigenvalue weighted by Crippen LogP contribution is -2.54. The van der Waals surface area contributed by atoms with Crippen LogP contribution in [0.2, 0.25) is 0 Å². The number of nitrogens with zero attached hydrogens (tertiary/aromatic N) is 1. The molecule has 2 rings (SSSR count). The molecule has 0 aromatic carbocycles. The SMILES string of the molecule is CCC(O)C1CC(NCC2CCC2)CN(CC(N)=O)C1. The summed E-state index contributed by atoms with van der Waals surface area (Å²) in [5.74, 6) is 0.789. The fourth-order valence-corrected chi connectivity index (χ4v) is 3.37. The van der Waals surface area contributed by atoms with Crippen LogP contribution in [0.15, 0.2) is 0 Å². The predicted molar refractivity (Wildman–Crippen MR) is 79.2 cm³/mol. The van der Waals surface area contributed by atoms with E-state index in [2.05, 4.69) is 10.2 Å². The van der Waals surface area contributed by atoms with Gasteiger partial charge in [-0.25, -0.2) is 0 Å². The van der Waals surface area contributed by atoms with Crippen molar-refractivity contribution in [2.24, 2.45) is 17.6 Å². The number of likely N-dealkylation sites (tertiary alicyclic amines) is 1. The number of carbonyl (C=O) groups is 1. The van der Waals surface area contributed by atoms with Gasteiger partial charge in [-0.15, -0.1) is 0 Å². The van der Waals surface area contributed by atoms with Gasteiger partial charge in [-0.05, 0) is 44.1 Å². The van der Waals surface area contributed by atoms with E-state index < -0.39 is 0 Å². The summed E-state index contributed by atoms with van der Waals surface area (Å²) in [4.78, 5) is 13.2. The van der Waals surface area contributed by atoms with Crippen LogP contribution in [0.5, 0.6) is 0 Å². The van der Waals surface area contributed by atoms with E-state index >= 15 is 0 Å². The monoisotopic (exact) mass is 283 g/mol. The zero-order chi connectivity index (χ0) is 14.5. The van der Waals surface area contributed by atoms with Crippen molar-refractivity contribution in [1.82, 2.24) is 10.2 Å². The third kappa shape index (κ3) is 4.43. The highest BCUT2D eigenvalue weighted by atomic mass is 16.3. The van der Waals surface area contributed by atoms with Gasteiger partial charge in [0.25, 0.3) is 0 Å². The van der Waals surface area contributed by atoms with Crippen LogP contribution in [0.25, 0.3) is 0 Å². The highest BCUT2D eigenvalue weighted by Crippen LogP contribution is 2.26. The van der Waals surface area contributed by atoms with Crippen molar-refractivity contribution in [3.05, 3.63) is 0 Å². The average molecular weight is 283 g/mol. The molecule has 5 nitrogen and oxygen atoms in total. The minimum Gasteiger partial charge on any atom is -0.393 e. The molecule has 2 aliphatic rings. The number of nitrogens with two attached hydrogens (primary N) is 1. The van der Waals surface area contributed by atoms with Crippen LogP contribution in [-0.2, 0) is 4.79 Å². The lowest BCUT2D eigenvalue weighted by atomic mass is 9.84. The van der Waals surface area contributed by atoms with Crippen LogP contribution in [-0.4, -0.2) is 54.2 Å². The third-order valence-electron chi connectivity index (χ3n) is 4.82. The van der Waals surface area contributed by atoms with E-state index in [-0.39, 0.29) is 17.9 Å². The van der Waals surface area contributed by atoms with Gasteiger partial charge >= 0.3 is 0 Å². The first-order valence-electron chi connectivity index (χ1n) is 8.00. The molecule has 0 radical (unpaired) electrons. The van der Waals surface area contributed by atoms with Gasteiger partial charge in [-0.2, -0.15) is 0 Å². The number of rotatable bonds is 7. The smallest absolute Gasteiger partial charge is 0.231 e. The molecule has 0 aromatic heterocycles.